The molecule has 1 heterocycles. The van der Waals surface area contributed by atoms with Crippen LogP contribution in [0.25, 0.3) is 0 Å². The summed E-state index contributed by atoms with van der Waals surface area (Å²) >= 11 is 3.44. The molecule has 5 nitrogen and oxygen atoms in total. The minimum atomic E-state index is 0.00313. The fourth-order valence-corrected chi connectivity index (χ4v) is 3.77. The number of anilines is 1. The predicted octanol–water partition coefficient (Wildman–Crippen LogP) is 3.85. The highest BCUT2D eigenvalue weighted by Gasteiger charge is 2.18. The molecule has 1 aliphatic heterocycles. The van der Waals surface area contributed by atoms with Crippen LogP contribution in [0.15, 0.2) is 53.0 Å². The van der Waals surface area contributed by atoms with Crippen molar-refractivity contribution in [1.29, 1.82) is 0 Å². The van der Waals surface area contributed by atoms with Gasteiger partial charge in [-0.05, 0) is 55.3 Å². The van der Waals surface area contributed by atoms with Crippen LogP contribution in [-0.4, -0.2) is 50.6 Å². The third kappa shape index (κ3) is 5.72. The van der Waals surface area contributed by atoms with Gasteiger partial charge in [-0.15, -0.1) is 0 Å². The average Bonchev–Trinajstić information content (AvgIpc) is 2.94. The van der Waals surface area contributed by atoms with E-state index in [0.29, 0.717) is 6.54 Å². The van der Waals surface area contributed by atoms with Crippen molar-refractivity contribution in [3.05, 3.63) is 58.6 Å². The first kappa shape index (κ1) is 20.7. The van der Waals surface area contributed by atoms with Crippen LogP contribution < -0.4 is 15.0 Å². The van der Waals surface area contributed by atoms with Gasteiger partial charge >= 0.3 is 0 Å². The molecule has 1 aliphatic rings. The van der Waals surface area contributed by atoms with Crippen LogP contribution in [0.3, 0.4) is 0 Å². The molecule has 0 bridgehead atoms. The molecule has 0 spiro atoms. The van der Waals surface area contributed by atoms with Crippen LogP contribution in [0.5, 0.6) is 5.75 Å². The van der Waals surface area contributed by atoms with E-state index in [-0.39, 0.29) is 11.9 Å². The average molecular weight is 446 g/mol. The molecule has 2 aromatic rings. The van der Waals surface area contributed by atoms with E-state index >= 15 is 0 Å². The second-order valence-corrected chi connectivity index (χ2v) is 8.07. The lowest BCUT2D eigenvalue weighted by Crippen LogP contribution is -2.40. The molecule has 0 saturated carbocycles. The lowest BCUT2D eigenvalue weighted by Gasteiger charge is -2.24. The molecule has 1 saturated heterocycles. The van der Waals surface area contributed by atoms with E-state index in [1.807, 2.05) is 43.3 Å². The van der Waals surface area contributed by atoms with Gasteiger partial charge in [0.2, 0.25) is 5.91 Å². The number of carbonyl (C=O) groups excluding carboxylic acids is 1. The fourth-order valence-electron chi connectivity index (χ4n) is 3.51. The zero-order valence-corrected chi connectivity index (χ0v) is 18.1. The molecule has 150 valence electrons. The van der Waals surface area contributed by atoms with Crippen LogP contribution in [-0.2, 0) is 4.79 Å². The van der Waals surface area contributed by atoms with Gasteiger partial charge < -0.3 is 15.0 Å². The Morgan fingerprint density at radius 3 is 2.46 bits per heavy atom. The van der Waals surface area contributed by atoms with Crippen molar-refractivity contribution in [2.24, 2.45) is 0 Å². The maximum Gasteiger partial charge on any atom is 0.234 e. The molecule has 2 aromatic carbocycles. The summed E-state index contributed by atoms with van der Waals surface area (Å²) in [6, 6.07) is 16.3. The van der Waals surface area contributed by atoms with Gasteiger partial charge in [-0.3, -0.25) is 9.69 Å². The summed E-state index contributed by atoms with van der Waals surface area (Å²) in [5.74, 6) is 0.949. The summed E-state index contributed by atoms with van der Waals surface area (Å²) in [6.07, 6.45) is 1.04. The fraction of sp³-hybridized carbons (Fsp3) is 0.409. The van der Waals surface area contributed by atoms with Gasteiger partial charge in [-0.1, -0.05) is 28.1 Å². The van der Waals surface area contributed by atoms with E-state index in [0.717, 1.165) is 48.4 Å². The van der Waals surface area contributed by atoms with Crippen LogP contribution in [0.4, 0.5) is 5.69 Å². The number of methoxy groups -OCH3 is 1. The van der Waals surface area contributed by atoms with E-state index in [1.165, 1.54) is 5.69 Å². The smallest absolute Gasteiger partial charge is 0.234 e. The third-order valence-electron chi connectivity index (χ3n) is 5.14. The van der Waals surface area contributed by atoms with E-state index in [2.05, 4.69) is 43.2 Å². The summed E-state index contributed by atoms with van der Waals surface area (Å²) in [5.41, 5.74) is 2.31. The topological polar surface area (TPSA) is 44.8 Å². The Morgan fingerprint density at radius 1 is 1.07 bits per heavy atom. The predicted molar refractivity (Wildman–Crippen MR) is 117 cm³/mol. The molecular formula is C22H28BrN3O2. The Labute approximate surface area is 175 Å². The van der Waals surface area contributed by atoms with E-state index in [1.54, 1.807) is 7.11 Å². The SMILES string of the molecule is COc1ccc(N2CCCN(CC(=O)NC(C)c3ccc(Br)cc3)CC2)cc1. The molecule has 3 rings (SSSR count). The molecule has 1 fully saturated rings. The number of nitrogens with one attached hydrogen (secondary N) is 1. The summed E-state index contributed by atoms with van der Waals surface area (Å²) in [6.45, 7) is 6.20. The number of carbonyl (C=O) groups is 1. The zero-order valence-electron chi connectivity index (χ0n) is 16.5. The normalized spacial score (nSPS) is 16.3. The molecule has 0 radical (unpaired) electrons. The molecule has 1 atom stereocenters. The Kier molecular flexibility index (Phi) is 7.34. The summed E-state index contributed by atoms with van der Waals surface area (Å²) < 4.78 is 6.28. The standard InChI is InChI=1S/C22H28BrN3O2/c1-17(18-4-6-19(23)7-5-18)24-22(27)16-25-12-3-13-26(15-14-25)20-8-10-21(28-2)11-9-20/h4-11,17H,3,12-16H2,1-2H3,(H,24,27). The van der Waals surface area contributed by atoms with Crippen molar-refractivity contribution < 1.29 is 9.53 Å². The number of hydrogen-bond acceptors (Lipinski definition) is 4. The number of benzene rings is 2. The second-order valence-electron chi connectivity index (χ2n) is 7.16. The van der Waals surface area contributed by atoms with Crippen molar-refractivity contribution in [2.45, 2.75) is 19.4 Å². The number of halogens is 1. The van der Waals surface area contributed by atoms with Gasteiger partial charge in [0.25, 0.3) is 0 Å². The third-order valence-corrected chi connectivity index (χ3v) is 5.67. The van der Waals surface area contributed by atoms with Crippen molar-refractivity contribution in [2.75, 3.05) is 44.7 Å². The van der Waals surface area contributed by atoms with E-state index in [9.17, 15) is 4.79 Å². The maximum absolute atomic E-state index is 12.5. The van der Waals surface area contributed by atoms with Crippen molar-refractivity contribution >= 4 is 27.5 Å². The van der Waals surface area contributed by atoms with Gasteiger partial charge in [0.05, 0.1) is 19.7 Å². The molecule has 1 unspecified atom stereocenters. The number of ether oxygens (including phenoxy) is 1. The minimum Gasteiger partial charge on any atom is -0.497 e. The Balaban J connectivity index is 1.49. The van der Waals surface area contributed by atoms with E-state index in [4.69, 9.17) is 4.74 Å². The summed E-state index contributed by atoms with van der Waals surface area (Å²) in [4.78, 5) is 17.1. The maximum atomic E-state index is 12.5. The molecule has 1 amide bonds. The van der Waals surface area contributed by atoms with Crippen molar-refractivity contribution in [3.8, 4) is 5.75 Å². The Hall–Kier alpha value is -2.05. The highest BCUT2D eigenvalue weighted by molar-refractivity contribution is 9.10. The Morgan fingerprint density at radius 2 is 1.79 bits per heavy atom. The minimum absolute atomic E-state index is 0.00313. The lowest BCUT2D eigenvalue weighted by molar-refractivity contribution is -0.122. The molecular weight excluding hydrogens is 418 g/mol. The second kappa shape index (κ2) is 9.94. The monoisotopic (exact) mass is 445 g/mol. The molecule has 0 aliphatic carbocycles. The molecule has 6 heteroatoms. The summed E-state index contributed by atoms with van der Waals surface area (Å²) in [5, 5.41) is 3.12. The lowest BCUT2D eigenvalue weighted by atomic mass is 10.1. The zero-order chi connectivity index (χ0) is 19.9. The number of nitrogens with zero attached hydrogens (tertiary/aromatic N) is 2. The van der Waals surface area contributed by atoms with Gasteiger partial charge in [-0.2, -0.15) is 0 Å². The quantitative estimate of drug-likeness (QED) is 0.733. The molecule has 0 aromatic heterocycles. The van der Waals surface area contributed by atoms with Gasteiger partial charge in [0.15, 0.2) is 0 Å². The first-order chi connectivity index (χ1) is 13.5. The first-order valence-corrected chi connectivity index (χ1v) is 10.5. The van der Waals surface area contributed by atoms with Crippen LogP contribution in [0, 0.1) is 0 Å². The Bertz CT molecular complexity index is 764. The van der Waals surface area contributed by atoms with Crippen molar-refractivity contribution in [3.63, 3.8) is 0 Å². The number of amides is 1. The number of hydrogen-bond donors (Lipinski definition) is 1. The first-order valence-electron chi connectivity index (χ1n) is 9.71. The summed E-state index contributed by atoms with van der Waals surface area (Å²) in [7, 11) is 1.68. The highest BCUT2D eigenvalue weighted by Crippen LogP contribution is 2.21. The highest BCUT2D eigenvalue weighted by atomic mass is 79.9. The van der Waals surface area contributed by atoms with Gasteiger partial charge in [0, 0.05) is 36.3 Å². The van der Waals surface area contributed by atoms with Crippen LogP contribution >= 0.6 is 15.9 Å². The van der Waals surface area contributed by atoms with Gasteiger partial charge in [-0.25, -0.2) is 0 Å². The van der Waals surface area contributed by atoms with Gasteiger partial charge in [0.1, 0.15) is 5.75 Å². The van der Waals surface area contributed by atoms with Crippen LogP contribution in [0.1, 0.15) is 24.9 Å². The van der Waals surface area contributed by atoms with Crippen molar-refractivity contribution in [1.82, 2.24) is 10.2 Å². The van der Waals surface area contributed by atoms with E-state index < -0.39 is 0 Å². The largest absolute Gasteiger partial charge is 0.497 e. The molecule has 28 heavy (non-hydrogen) atoms. The van der Waals surface area contributed by atoms with Crippen LogP contribution in [0.2, 0.25) is 0 Å². The number of rotatable bonds is 6. The molecule has 1 N–H and O–H groups in total.